The molecule has 6 nitrogen and oxygen atoms in total. The van der Waals surface area contributed by atoms with Crippen molar-refractivity contribution in [3.8, 4) is 11.8 Å². The molecule has 2 aromatic carbocycles. The largest absolute Gasteiger partial charge is 0.482 e. The summed E-state index contributed by atoms with van der Waals surface area (Å²) in [6.07, 6.45) is 0.172. The molecule has 0 radical (unpaired) electrons. The summed E-state index contributed by atoms with van der Waals surface area (Å²) in [5.41, 5.74) is 1.70. The molecule has 0 aliphatic carbocycles. The number of aryl methyl sites for hydroxylation is 1. The van der Waals surface area contributed by atoms with E-state index in [9.17, 15) is 9.59 Å². The number of ether oxygens (including phenoxy) is 2. The highest BCUT2D eigenvalue weighted by Crippen LogP contribution is 2.17. The van der Waals surface area contributed by atoms with Gasteiger partial charge in [-0.1, -0.05) is 35.4 Å². The molecule has 0 saturated carbocycles. The van der Waals surface area contributed by atoms with E-state index in [1.807, 2.05) is 25.1 Å². The number of benzene rings is 2. The molecule has 0 spiro atoms. The van der Waals surface area contributed by atoms with Crippen molar-refractivity contribution in [3.05, 3.63) is 59.1 Å². The summed E-state index contributed by atoms with van der Waals surface area (Å²) in [5.74, 6) is -0.654. The van der Waals surface area contributed by atoms with Crippen molar-refractivity contribution in [2.24, 2.45) is 0 Å². The van der Waals surface area contributed by atoms with Crippen LogP contribution in [0.1, 0.15) is 12.0 Å². The van der Waals surface area contributed by atoms with Crippen LogP contribution in [0.15, 0.2) is 48.5 Å². The highest BCUT2D eigenvalue weighted by Gasteiger charge is 2.17. The van der Waals surface area contributed by atoms with Gasteiger partial charge in [-0.05, 0) is 37.3 Å². The zero-order valence-corrected chi connectivity index (χ0v) is 15.6. The second-order valence-electron chi connectivity index (χ2n) is 5.70. The summed E-state index contributed by atoms with van der Waals surface area (Å²) in [6, 6.07) is 15.9. The Morgan fingerprint density at radius 3 is 2.56 bits per heavy atom. The Hall–Kier alpha value is -3.04. The van der Waals surface area contributed by atoms with Crippen LogP contribution < -0.4 is 9.64 Å². The van der Waals surface area contributed by atoms with Gasteiger partial charge < -0.3 is 14.4 Å². The van der Waals surface area contributed by atoms with Crippen LogP contribution in [0, 0.1) is 18.3 Å². The molecule has 0 aromatic heterocycles. The van der Waals surface area contributed by atoms with Crippen molar-refractivity contribution in [1.82, 2.24) is 0 Å². The Bertz CT molecular complexity index is 831. The molecular weight excluding hydrogens is 368 g/mol. The number of nitrogens with zero attached hydrogens (tertiary/aromatic N) is 2. The van der Waals surface area contributed by atoms with Crippen molar-refractivity contribution in [1.29, 1.82) is 5.26 Å². The molecule has 0 saturated heterocycles. The molecule has 2 rings (SSSR count). The van der Waals surface area contributed by atoms with Gasteiger partial charge >= 0.3 is 5.97 Å². The van der Waals surface area contributed by atoms with Gasteiger partial charge in [-0.15, -0.1) is 0 Å². The molecule has 7 heteroatoms. The number of esters is 1. The zero-order chi connectivity index (χ0) is 19.6. The van der Waals surface area contributed by atoms with E-state index in [-0.39, 0.29) is 19.6 Å². The second-order valence-corrected chi connectivity index (χ2v) is 6.13. The Morgan fingerprint density at radius 1 is 1.15 bits per heavy atom. The average molecular weight is 387 g/mol. The lowest BCUT2D eigenvalue weighted by molar-refractivity contribution is -0.149. The highest BCUT2D eigenvalue weighted by atomic mass is 35.5. The molecule has 140 valence electrons. The van der Waals surface area contributed by atoms with E-state index in [0.29, 0.717) is 16.5 Å². The summed E-state index contributed by atoms with van der Waals surface area (Å²) in [4.78, 5) is 25.7. The van der Waals surface area contributed by atoms with E-state index in [1.165, 1.54) is 4.90 Å². The molecule has 0 unspecified atom stereocenters. The Kier molecular flexibility index (Phi) is 7.65. The number of hydrogen-bond acceptors (Lipinski definition) is 5. The molecule has 27 heavy (non-hydrogen) atoms. The van der Waals surface area contributed by atoms with Crippen LogP contribution in [-0.4, -0.2) is 31.6 Å². The molecule has 0 bridgehead atoms. The van der Waals surface area contributed by atoms with Crippen LogP contribution in [0.2, 0.25) is 5.02 Å². The fraction of sp³-hybridized carbons (Fsp3) is 0.250. The summed E-state index contributed by atoms with van der Waals surface area (Å²) in [5, 5.41) is 9.29. The molecule has 0 atom stereocenters. The zero-order valence-electron chi connectivity index (χ0n) is 14.9. The lowest BCUT2D eigenvalue weighted by Crippen LogP contribution is -2.36. The van der Waals surface area contributed by atoms with Gasteiger partial charge in [0.1, 0.15) is 5.75 Å². The molecule has 0 aliphatic heterocycles. The number of carbonyl (C=O) groups excluding carboxylic acids is 2. The first kappa shape index (κ1) is 20.3. The lowest BCUT2D eigenvalue weighted by atomic mass is 10.2. The number of hydrogen-bond donors (Lipinski definition) is 0. The van der Waals surface area contributed by atoms with Gasteiger partial charge in [-0.3, -0.25) is 4.79 Å². The maximum atomic E-state index is 12.4. The predicted molar refractivity (Wildman–Crippen MR) is 102 cm³/mol. The van der Waals surface area contributed by atoms with E-state index in [2.05, 4.69) is 0 Å². The standard InChI is InChI=1S/C20H19ClN2O4/c1-15-6-8-17(9-7-15)23(11-3-10-22)19(24)13-27-20(25)14-26-18-5-2-4-16(21)12-18/h2,4-9,12H,3,11,13-14H2,1H3. The van der Waals surface area contributed by atoms with Crippen LogP contribution >= 0.6 is 11.6 Å². The second kappa shape index (κ2) is 10.2. The smallest absolute Gasteiger partial charge is 0.344 e. The Balaban J connectivity index is 1.89. The fourth-order valence-corrected chi connectivity index (χ4v) is 2.43. The maximum absolute atomic E-state index is 12.4. The van der Waals surface area contributed by atoms with Gasteiger partial charge in [0.25, 0.3) is 5.91 Å². The number of carbonyl (C=O) groups is 2. The van der Waals surface area contributed by atoms with Crippen LogP contribution in [0.3, 0.4) is 0 Å². The minimum atomic E-state index is -0.674. The van der Waals surface area contributed by atoms with Crippen molar-refractivity contribution < 1.29 is 19.1 Å². The normalized spacial score (nSPS) is 9.96. The molecular formula is C20H19ClN2O4. The van der Waals surface area contributed by atoms with Gasteiger partial charge in [-0.25, -0.2) is 4.79 Å². The minimum Gasteiger partial charge on any atom is -0.482 e. The number of anilines is 1. The molecule has 0 fully saturated rings. The molecule has 1 amide bonds. The quantitative estimate of drug-likeness (QED) is 0.648. The van der Waals surface area contributed by atoms with E-state index in [1.54, 1.807) is 36.4 Å². The highest BCUT2D eigenvalue weighted by molar-refractivity contribution is 6.30. The number of rotatable bonds is 8. The first-order chi connectivity index (χ1) is 13.0. The van der Waals surface area contributed by atoms with Crippen molar-refractivity contribution >= 4 is 29.2 Å². The third-order valence-corrected chi connectivity index (χ3v) is 3.84. The van der Waals surface area contributed by atoms with Crippen molar-refractivity contribution in [2.45, 2.75) is 13.3 Å². The number of nitriles is 1. The molecule has 0 aliphatic rings. The van der Waals surface area contributed by atoms with E-state index < -0.39 is 18.5 Å². The van der Waals surface area contributed by atoms with Crippen molar-refractivity contribution in [2.75, 3.05) is 24.7 Å². The summed E-state index contributed by atoms with van der Waals surface area (Å²) in [7, 11) is 0. The summed E-state index contributed by atoms with van der Waals surface area (Å²) < 4.78 is 10.3. The summed E-state index contributed by atoms with van der Waals surface area (Å²) in [6.45, 7) is 1.38. The third-order valence-electron chi connectivity index (χ3n) is 3.60. The van der Waals surface area contributed by atoms with Gasteiger partial charge in [0, 0.05) is 17.3 Å². The third kappa shape index (κ3) is 6.65. The Morgan fingerprint density at radius 2 is 1.89 bits per heavy atom. The average Bonchev–Trinajstić information content (AvgIpc) is 2.66. The molecule has 0 heterocycles. The lowest BCUT2D eigenvalue weighted by Gasteiger charge is -2.21. The van der Waals surface area contributed by atoms with Gasteiger partial charge in [0.15, 0.2) is 13.2 Å². The minimum absolute atomic E-state index is 0.172. The SMILES string of the molecule is Cc1ccc(N(CCC#N)C(=O)COC(=O)COc2cccc(Cl)c2)cc1. The van der Waals surface area contributed by atoms with E-state index >= 15 is 0 Å². The first-order valence-electron chi connectivity index (χ1n) is 8.27. The fourth-order valence-electron chi connectivity index (χ4n) is 2.25. The predicted octanol–water partition coefficient (Wildman–Crippen LogP) is 3.52. The van der Waals surface area contributed by atoms with Crippen LogP contribution in [0.5, 0.6) is 5.75 Å². The van der Waals surface area contributed by atoms with E-state index in [4.69, 9.17) is 26.3 Å². The summed E-state index contributed by atoms with van der Waals surface area (Å²) >= 11 is 5.84. The topological polar surface area (TPSA) is 79.6 Å². The van der Waals surface area contributed by atoms with Crippen LogP contribution in [0.25, 0.3) is 0 Å². The number of amides is 1. The van der Waals surface area contributed by atoms with Crippen molar-refractivity contribution in [3.63, 3.8) is 0 Å². The van der Waals surface area contributed by atoms with Crippen LogP contribution in [0.4, 0.5) is 5.69 Å². The Labute approximate surface area is 162 Å². The molecule has 0 N–H and O–H groups in total. The van der Waals surface area contributed by atoms with E-state index in [0.717, 1.165) is 5.56 Å². The van der Waals surface area contributed by atoms with Gasteiger partial charge in [0.2, 0.25) is 0 Å². The van der Waals surface area contributed by atoms with Crippen LogP contribution in [-0.2, 0) is 14.3 Å². The van der Waals surface area contributed by atoms with Gasteiger partial charge in [-0.2, -0.15) is 5.26 Å². The maximum Gasteiger partial charge on any atom is 0.344 e. The monoisotopic (exact) mass is 386 g/mol. The first-order valence-corrected chi connectivity index (χ1v) is 8.65. The molecule has 2 aromatic rings. The van der Waals surface area contributed by atoms with Gasteiger partial charge in [0.05, 0.1) is 12.5 Å². The number of halogens is 1.